The van der Waals surface area contributed by atoms with Crippen LogP contribution in [0.15, 0.2) is 0 Å². The summed E-state index contributed by atoms with van der Waals surface area (Å²) in [6, 6.07) is 0. The molecule has 0 saturated carbocycles. The molecule has 0 bridgehead atoms. The molecule has 2 atom stereocenters. The lowest BCUT2D eigenvalue weighted by molar-refractivity contribution is -0.430. The fourth-order valence-corrected chi connectivity index (χ4v) is 1.67. The Morgan fingerprint density at radius 2 is 0.875 bits per heavy atom. The summed E-state index contributed by atoms with van der Waals surface area (Å²) in [5.41, 5.74) is -7.88. The Labute approximate surface area is 161 Å². The van der Waals surface area contributed by atoms with E-state index in [1.165, 1.54) is 0 Å². The van der Waals surface area contributed by atoms with E-state index < -0.39 is 67.0 Å². The van der Waals surface area contributed by atoms with Gasteiger partial charge in [-0.3, -0.25) is 0 Å². The zero-order valence-electron chi connectivity index (χ0n) is 13.8. The second-order valence-corrected chi connectivity index (χ2v) is 5.70. The largest absolute Gasteiger partial charge is 0.451 e. The topological polar surface area (TPSA) is 9.23 Å². The van der Waals surface area contributed by atoms with Crippen molar-refractivity contribution in [1.29, 1.82) is 0 Å². The maximum Gasteiger partial charge on any atom is 0.451 e. The molecule has 0 aromatic carbocycles. The highest BCUT2D eigenvalue weighted by molar-refractivity contribution is 5.08. The van der Waals surface area contributed by atoms with E-state index in [1.54, 1.807) is 0 Å². The lowest BCUT2D eigenvalue weighted by Crippen LogP contribution is -2.69. The standard InChI is InChI=1S/C11H4F20O/c12-2(5(17,9(23,24)25)10(26,27)28)7(20,11(29,30)31)32-1-4(15,16)8(21,22)6(18,19)3(13)14/h2-3H,1H2. The van der Waals surface area contributed by atoms with Gasteiger partial charge in [-0.05, 0) is 0 Å². The Kier molecular flexibility index (Phi) is 7.74. The predicted molar refractivity (Wildman–Crippen MR) is 57.5 cm³/mol. The first-order valence-electron chi connectivity index (χ1n) is 6.83. The van der Waals surface area contributed by atoms with Gasteiger partial charge in [-0.15, -0.1) is 0 Å². The minimum absolute atomic E-state index is 2.00. The van der Waals surface area contributed by atoms with Gasteiger partial charge in [0, 0.05) is 0 Å². The van der Waals surface area contributed by atoms with E-state index in [-0.39, 0.29) is 0 Å². The van der Waals surface area contributed by atoms with Crippen molar-refractivity contribution in [3.63, 3.8) is 0 Å². The smallest absolute Gasteiger partial charge is 0.330 e. The van der Waals surface area contributed by atoms with E-state index >= 15 is 0 Å². The first-order valence-corrected chi connectivity index (χ1v) is 6.83. The van der Waals surface area contributed by atoms with Gasteiger partial charge in [0.05, 0.1) is 0 Å². The van der Waals surface area contributed by atoms with E-state index in [1.807, 2.05) is 4.74 Å². The average Bonchev–Trinajstić information content (AvgIpc) is 2.54. The van der Waals surface area contributed by atoms with Crippen LogP contribution in [0.4, 0.5) is 87.8 Å². The van der Waals surface area contributed by atoms with Crippen molar-refractivity contribution in [2.45, 2.75) is 60.4 Å². The van der Waals surface area contributed by atoms with E-state index in [9.17, 15) is 87.8 Å². The summed E-state index contributed by atoms with van der Waals surface area (Å²) in [4.78, 5) is 0. The van der Waals surface area contributed by atoms with Gasteiger partial charge in [-0.2, -0.15) is 70.2 Å². The van der Waals surface area contributed by atoms with Crippen molar-refractivity contribution < 1.29 is 92.5 Å². The molecule has 1 nitrogen and oxygen atoms in total. The lowest BCUT2D eigenvalue weighted by Gasteiger charge is -2.40. The molecule has 0 fully saturated rings. The molecule has 0 amide bonds. The van der Waals surface area contributed by atoms with Crippen LogP contribution >= 0.6 is 0 Å². The number of hydrogen-bond acceptors (Lipinski definition) is 1. The minimum atomic E-state index is -7.88. The van der Waals surface area contributed by atoms with Crippen molar-refractivity contribution in [3.05, 3.63) is 0 Å². The monoisotopic (exact) mass is 532 g/mol. The number of hydrogen-bond donors (Lipinski definition) is 0. The zero-order valence-corrected chi connectivity index (χ0v) is 13.8. The van der Waals surface area contributed by atoms with Gasteiger partial charge in [0.25, 0.3) is 0 Å². The fourth-order valence-electron chi connectivity index (χ4n) is 1.67. The van der Waals surface area contributed by atoms with Gasteiger partial charge in [0.15, 0.2) is 0 Å². The highest BCUT2D eigenvalue weighted by Crippen LogP contribution is 2.56. The molecule has 0 aromatic heterocycles. The highest BCUT2D eigenvalue weighted by Gasteiger charge is 2.85. The molecular formula is C11H4F20O. The summed E-state index contributed by atoms with van der Waals surface area (Å²) >= 11 is 0. The number of alkyl halides is 20. The van der Waals surface area contributed by atoms with Crippen LogP contribution in [0, 0.1) is 0 Å². The van der Waals surface area contributed by atoms with Gasteiger partial charge in [0.1, 0.15) is 6.61 Å². The van der Waals surface area contributed by atoms with E-state index in [0.717, 1.165) is 0 Å². The molecule has 0 radical (unpaired) electrons. The molecule has 2 unspecified atom stereocenters. The van der Waals surface area contributed by atoms with Crippen LogP contribution < -0.4 is 0 Å². The molecule has 0 aliphatic carbocycles. The van der Waals surface area contributed by atoms with Gasteiger partial charge in [0.2, 0.25) is 6.17 Å². The molecule has 0 N–H and O–H groups in total. The molecule has 0 aliphatic rings. The van der Waals surface area contributed by atoms with Gasteiger partial charge in [-0.25, -0.2) is 17.6 Å². The Morgan fingerprint density at radius 1 is 0.531 bits per heavy atom. The fraction of sp³-hybridized carbons (Fsp3) is 1.00. The molecule has 0 saturated heterocycles. The first-order chi connectivity index (χ1) is 13.6. The average molecular weight is 532 g/mol. The molecule has 0 spiro atoms. The number of halogens is 20. The Morgan fingerprint density at radius 3 is 1.12 bits per heavy atom. The molecular weight excluding hydrogens is 528 g/mol. The van der Waals surface area contributed by atoms with Gasteiger partial charge < -0.3 is 4.74 Å². The molecule has 0 rings (SSSR count). The van der Waals surface area contributed by atoms with Gasteiger partial charge >= 0.3 is 54.2 Å². The Bertz CT molecular complexity index is 627. The van der Waals surface area contributed by atoms with Crippen LogP contribution in [0.5, 0.6) is 0 Å². The SMILES string of the molecule is FC(F)C(F)(F)C(F)(F)C(F)(F)COC(F)(C(F)C(F)(C(F)(F)F)C(F)(F)F)C(F)(F)F. The predicted octanol–water partition coefficient (Wildman–Crippen LogP) is 6.57. The van der Waals surface area contributed by atoms with Crippen molar-refractivity contribution in [3.8, 4) is 0 Å². The summed E-state index contributed by atoms with van der Waals surface area (Å²) in [5.74, 6) is -29.3. The van der Waals surface area contributed by atoms with Crippen LogP contribution in [0.25, 0.3) is 0 Å². The lowest BCUT2D eigenvalue weighted by atomic mass is 9.92. The van der Waals surface area contributed by atoms with Crippen LogP contribution in [0.2, 0.25) is 0 Å². The van der Waals surface area contributed by atoms with Gasteiger partial charge in [-0.1, -0.05) is 0 Å². The molecule has 0 heterocycles. The summed E-state index contributed by atoms with van der Waals surface area (Å²) in [7, 11) is 0. The molecule has 0 aromatic rings. The first kappa shape index (κ1) is 30.6. The summed E-state index contributed by atoms with van der Waals surface area (Å²) in [6.45, 7) is -4.37. The normalized spacial score (nSPS) is 18.7. The quantitative estimate of drug-likeness (QED) is 0.322. The zero-order chi connectivity index (χ0) is 26.6. The number of rotatable bonds is 8. The van der Waals surface area contributed by atoms with E-state index in [4.69, 9.17) is 0 Å². The van der Waals surface area contributed by atoms with Crippen LogP contribution in [-0.4, -0.2) is 67.0 Å². The summed E-state index contributed by atoms with van der Waals surface area (Å²) in [5, 5.41) is 0. The van der Waals surface area contributed by atoms with Crippen molar-refractivity contribution >= 4 is 0 Å². The molecule has 194 valence electrons. The number of ether oxygens (including phenoxy) is 1. The second kappa shape index (κ2) is 8.10. The minimum Gasteiger partial charge on any atom is -0.330 e. The summed E-state index contributed by atoms with van der Waals surface area (Å²) < 4.78 is 255. The van der Waals surface area contributed by atoms with Crippen molar-refractivity contribution in [2.75, 3.05) is 6.61 Å². The van der Waals surface area contributed by atoms with Crippen LogP contribution in [0.3, 0.4) is 0 Å². The van der Waals surface area contributed by atoms with Crippen molar-refractivity contribution in [2.24, 2.45) is 0 Å². The summed E-state index contributed by atoms with van der Waals surface area (Å²) in [6.07, 6.45) is -35.8. The highest BCUT2D eigenvalue weighted by atomic mass is 19.4. The van der Waals surface area contributed by atoms with E-state index in [2.05, 4.69) is 0 Å². The van der Waals surface area contributed by atoms with Crippen molar-refractivity contribution in [1.82, 2.24) is 0 Å². The van der Waals surface area contributed by atoms with E-state index in [0.29, 0.717) is 0 Å². The van der Waals surface area contributed by atoms with Crippen LogP contribution in [0.1, 0.15) is 0 Å². The van der Waals surface area contributed by atoms with Crippen LogP contribution in [-0.2, 0) is 4.74 Å². The Hall–Kier alpha value is -1.44. The maximum absolute atomic E-state index is 13.7. The molecule has 0 aliphatic heterocycles. The third-order valence-electron chi connectivity index (χ3n) is 3.50. The third kappa shape index (κ3) is 4.62. The Balaban J connectivity index is 6.50. The molecule has 32 heavy (non-hydrogen) atoms. The molecule has 21 heteroatoms. The maximum atomic E-state index is 13.7. The second-order valence-electron chi connectivity index (χ2n) is 5.70. The third-order valence-corrected chi connectivity index (χ3v) is 3.50.